The topological polar surface area (TPSA) is 121 Å². The number of carboxylic acid groups (broad SMARTS) is 1. The number of hydrogen-bond donors (Lipinski definition) is 2. The highest BCUT2D eigenvalue weighted by atomic mass is 16.5. The van der Waals surface area contributed by atoms with E-state index in [0.29, 0.717) is 52.5 Å². The van der Waals surface area contributed by atoms with Crippen LogP contribution in [0.1, 0.15) is 127 Å². The lowest BCUT2D eigenvalue weighted by Crippen LogP contribution is -2.05. The van der Waals surface area contributed by atoms with Gasteiger partial charge in [-0.1, -0.05) is 76.4 Å². The van der Waals surface area contributed by atoms with Crippen LogP contribution in [0.15, 0.2) is 36.4 Å². The van der Waals surface area contributed by atoms with Crippen LogP contribution in [-0.4, -0.2) is 50.6 Å². The van der Waals surface area contributed by atoms with E-state index in [1.165, 1.54) is 51.4 Å². The molecule has 274 valence electrons. The van der Waals surface area contributed by atoms with Gasteiger partial charge in [0.1, 0.15) is 6.61 Å². The zero-order valence-corrected chi connectivity index (χ0v) is 30.4. The molecule has 0 radical (unpaired) electrons. The molecule has 0 saturated heterocycles. The van der Waals surface area contributed by atoms with Crippen molar-refractivity contribution in [2.45, 2.75) is 129 Å². The molecule has 0 fully saturated rings. The van der Waals surface area contributed by atoms with Gasteiger partial charge in [0.25, 0.3) is 0 Å². The molecule has 2 N–H and O–H groups in total. The SMILES string of the molecule is COc1cc(CO)cc(-c2cc(COC(=O)CCCCCCCCC/C=C/CCCCCCCCCC(=O)O)cc(OC)c2OC)c1OC. The number of aliphatic hydroxyl groups is 1. The average Bonchev–Trinajstić information content (AvgIpc) is 3.11. The normalized spacial score (nSPS) is 11.1. The Kier molecular flexibility index (Phi) is 21.4. The van der Waals surface area contributed by atoms with Crippen LogP contribution < -0.4 is 18.9 Å². The Hall–Kier alpha value is -3.72. The van der Waals surface area contributed by atoms with E-state index in [2.05, 4.69) is 12.2 Å². The highest BCUT2D eigenvalue weighted by Crippen LogP contribution is 2.46. The molecule has 0 heterocycles. The lowest BCUT2D eigenvalue weighted by Gasteiger charge is -2.19. The maximum atomic E-state index is 12.6. The molecule has 0 atom stereocenters. The first kappa shape index (κ1) is 41.5. The van der Waals surface area contributed by atoms with E-state index in [-0.39, 0.29) is 19.2 Å². The summed E-state index contributed by atoms with van der Waals surface area (Å²) in [5.41, 5.74) is 2.72. The summed E-state index contributed by atoms with van der Waals surface area (Å²) in [4.78, 5) is 23.1. The molecule has 2 rings (SSSR count). The fraction of sp³-hybridized carbons (Fsp3) is 0.600. The molecule has 9 heteroatoms. The van der Waals surface area contributed by atoms with Crippen molar-refractivity contribution in [1.82, 2.24) is 0 Å². The molecule has 0 aliphatic heterocycles. The average molecular weight is 685 g/mol. The molecule has 0 aliphatic rings. The van der Waals surface area contributed by atoms with Crippen molar-refractivity contribution in [3.63, 3.8) is 0 Å². The van der Waals surface area contributed by atoms with E-state index in [0.717, 1.165) is 56.9 Å². The Morgan fingerprint density at radius 1 is 0.571 bits per heavy atom. The maximum absolute atomic E-state index is 12.6. The van der Waals surface area contributed by atoms with Crippen LogP contribution >= 0.6 is 0 Å². The molecule has 2 aromatic carbocycles. The van der Waals surface area contributed by atoms with Gasteiger partial charge in [-0.05, 0) is 73.9 Å². The minimum atomic E-state index is -0.687. The monoisotopic (exact) mass is 684 g/mol. The van der Waals surface area contributed by atoms with E-state index < -0.39 is 5.97 Å². The number of carboxylic acids is 1. The Balaban J connectivity index is 1.64. The van der Waals surface area contributed by atoms with Crippen molar-refractivity contribution < 1.29 is 43.5 Å². The predicted octanol–water partition coefficient (Wildman–Crippen LogP) is 9.59. The first-order valence-electron chi connectivity index (χ1n) is 18.0. The number of rotatable bonds is 28. The van der Waals surface area contributed by atoms with Gasteiger partial charge in [-0.25, -0.2) is 0 Å². The van der Waals surface area contributed by atoms with Gasteiger partial charge in [-0.3, -0.25) is 9.59 Å². The number of carbonyl (C=O) groups is 2. The number of carbonyl (C=O) groups excluding carboxylic acids is 1. The molecular weight excluding hydrogens is 624 g/mol. The third-order valence-corrected chi connectivity index (χ3v) is 8.63. The molecule has 0 spiro atoms. The summed E-state index contributed by atoms with van der Waals surface area (Å²) in [6.07, 6.45) is 23.4. The second-order valence-corrected chi connectivity index (χ2v) is 12.5. The largest absolute Gasteiger partial charge is 0.493 e. The second kappa shape index (κ2) is 25.3. The van der Waals surface area contributed by atoms with Gasteiger partial charge < -0.3 is 33.9 Å². The van der Waals surface area contributed by atoms with Crippen molar-refractivity contribution in [3.05, 3.63) is 47.5 Å². The Morgan fingerprint density at radius 3 is 1.45 bits per heavy atom. The van der Waals surface area contributed by atoms with Gasteiger partial charge in [0.05, 0.1) is 35.0 Å². The van der Waals surface area contributed by atoms with Crippen molar-refractivity contribution in [2.75, 3.05) is 28.4 Å². The second-order valence-electron chi connectivity index (χ2n) is 12.5. The minimum Gasteiger partial charge on any atom is -0.493 e. The van der Waals surface area contributed by atoms with Crippen LogP contribution in [0.5, 0.6) is 23.0 Å². The van der Waals surface area contributed by atoms with Crippen LogP contribution in [0.2, 0.25) is 0 Å². The molecule has 49 heavy (non-hydrogen) atoms. The summed E-state index contributed by atoms with van der Waals surface area (Å²) in [7, 11) is 6.21. The molecule has 0 aliphatic carbocycles. The maximum Gasteiger partial charge on any atom is 0.306 e. The van der Waals surface area contributed by atoms with Crippen LogP contribution in [0, 0.1) is 0 Å². The summed E-state index contributed by atoms with van der Waals surface area (Å²) < 4.78 is 28.1. The number of methoxy groups -OCH3 is 4. The molecule has 0 bridgehead atoms. The predicted molar refractivity (Wildman–Crippen MR) is 194 cm³/mol. The first-order chi connectivity index (χ1) is 23.9. The van der Waals surface area contributed by atoms with Crippen molar-refractivity contribution >= 4 is 11.9 Å². The van der Waals surface area contributed by atoms with E-state index in [1.807, 2.05) is 12.1 Å². The zero-order valence-electron chi connectivity index (χ0n) is 30.4. The number of esters is 1. The highest BCUT2D eigenvalue weighted by Gasteiger charge is 2.21. The van der Waals surface area contributed by atoms with Gasteiger partial charge in [-0.2, -0.15) is 0 Å². The number of allylic oxidation sites excluding steroid dienone is 2. The summed E-state index contributed by atoms with van der Waals surface area (Å²) in [6, 6.07) is 7.21. The molecule has 0 amide bonds. The smallest absolute Gasteiger partial charge is 0.306 e. The summed E-state index contributed by atoms with van der Waals surface area (Å²) >= 11 is 0. The summed E-state index contributed by atoms with van der Waals surface area (Å²) in [6.45, 7) is -0.0803. The minimum absolute atomic E-state index is 0.0946. The fourth-order valence-corrected chi connectivity index (χ4v) is 5.93. The van der Waals surface area contributed by atoms with E-state index >= 15 is 0 Å². The van der Waals surface area contributed by atoms with E-state index in [1.54, 1.807) is 40.6 Å². The van der Waals surface area contributed by atoms with Gasteiger partial charge in [0.15, 0.2) is 23.0 Å². The van der Waals surface area contributed by atoms with Crippen LogP contribution in [0.3, 0.4) is 0 Å². The Morgan fingerprint density at radius 2 is 1.00 bits per heavy atom. The van der Waals surface area contributed by atoms with Crippen LogP contribution in [-0.2, 0) is 27.5 Å². The Bertz CT molecular complexity index is 1270. The number of ether oxygens (including phenoxy) is 5. The zero-order chi connectivity index (χ0) is 35.7. The number of benzene rings is 2. The van der Waals surface area contributed by atoms with Gasteiger partial charge >= 0.3 is 11.9 Å². The van der Waals surface area contributed by atoms with E-state index in [4.69, 9.17) is 28.8 Å². The van der Waals surface area contributed by atoms with Crippen molar-refractivity contribution in [3.8, 4) is 34.1 Å². The molecule has 9 nitrogen and oxygen atoms in total. The van der Waals surface area contributed by atoms with Crippen LogP contribution in [0.25, 0.3) is 11.1 Å². The van der Waals surface area contributed by atoms with Crippen LogP contribution in [0.4, 0.5) is 0 Å². The quantitative estimate of drug-likeness (QED) is 0.0513. The number of aliphatic carboxylic acids is 1. The van der Waals surface area contributed by atoms with Gasteiger partial charge in [-0.15, -0.1) is 0 Å². The summed E-state index contributed by atoms with van der Waals surface area (Å²) in [5.74, 6) is 1.04. The third-order valence-electron chi connectivity index (χ3n) is 8.63. The third kappa shape index (κ3) is 16.0. The standard InChI is InChI=1S/C40H60O9/c1-45-35-27-31(29-41)25-33(39(35)47-3)34-26-32(28-36(46-2)40(34)48-4)30-49-38(44)24-22-20-18-16-14-12-10-8-6-5-7-9-11-13-15-17-19-21-23-37(42)43/h5-6,25-28,41H,7-24,29-30H2,1-4H3,(H,42,43)/b6-5+. The molecule has 0 unspecified atom stereocenters. The molecule has 2 aromatic rings. The lowest BCUT2D eigenvalue weighted by atomic mass is 9.97. The lowest BCUT2D eigenvalue weighted by molar-refractivity contribution is -0.145. The van der Waals surface area contributed by atoms with Crippen molar-refractivity contribution in [2.24, 2.45) is 0 Å². The highest BCUT2D eigenvalue weighted by molar-refractivity contribution is 5.82. The Labute approximate surface area is 293 Å². The van der Waals surface area contributed by atoms with Crippen molar-refractivity contribution in [1.29, 1.82) is 0 Å². The number of hydrogen-bond acceptors (Lipinski definition) is 8. The molecular formula is C40H60O9. The molecule has 0 aromatic heterocycles. The van der Waals surface area contributed by atoms with Gasteiger partial charge in [0, 0.05) is 24.0 Å². The number of unbranched alkanes of at least 4 members (excludes halogenated alkanes) is 14. The number of aliphatic hydroxyl groups excluding tert-OH is 1. The van der Waals surface area contributed by atoms with Gasteiger partial charge in [0.2, 0.25) is 0 Å². The van der Waals surface area contributed by atoms with E-state index in [9.17, 15) is 14.7 Å². The first-order valence-corrected chi connectivity index (χ1v) is 18.0. The fourth-order valence-electron chi connectivity index (χ4n) is 5.93. The summed E-state index contributed by atoms with van der Waals surface area (Å²) in [5, 5.41) is 18.5. The molecule has 0 saturated carbocycles.